The molecule has 2 aromatic heterocycles. The van der Waals surface area contributed by atoms with Gasteiger partial charge in [0.1, 0.15) is 28.7 Å². The SMILES string of the molecule is CCOc1ccc(C(=O)COC(=O)c2c(C)oc(-n3cccc3)c2C#N)cc1. The summed E-state index contributed by atoms with van der Waals surface area (Å²) >= 11 is 0. The molecule has 0 fully saturated rings. The van der Waals surface area contributed by atoms with E-state index in [2.05, 4.69) is 0 Å². The number of carbonyl (C=O) groups is 2. The van der Waals surface area contributed by atoms with Crippen LogP contribution in [0.15, 0.2) is 53.2 Å². The minimum absolute atomic E-state index is 0.0192. The lowest BCUT2D eigenvalue weighted by molar-refractivity contribution is 0.0472. The zero-order chi connectivity index (χ0) is 20.1. The third-order valence-corrected chi connectivity index (χ3v) is 4.04. The Hall–Kier alpha value is -3.79. The number of Topliss-reactive ketones (excluding diaryl/α,β-unsaturated/α-hetero) is 1. The Bertz CT molecular complexity index is 1020. The number of ether oxygens (including phenoxy) is 2. The van der Waals surface area contributed by atoms with Crippen molar-refractivity contribution in [2.24, 2.45) is 0 Å². The van der Waals surface area contributed by atoms with E-state index in [1.165, 1.54) is 0 Å². The van der Waals surface area contributed by atoms with E-state index in [0.717, 1.165) is 0 Å². The second-order valence-electron chi connectivity index (χ2n) is 5.87. The summed E-state index contributed by atoms with van der Waals surface area (Å²) in [5.74, 6) is -0.00740. The molecule has 142 valence electrons. The predicted octanol–water partition coefficient (Wildman–Crippen LogP) is 3.69. The highest BCUT2D eigenvalue weighted by Crippen LogP contribution is 2.26. The van der Waals surface area contributed by atoms with Crippen LogP contribution < -0.4 is 4.74 Å². The van der Waals surface area contributed by atoms with Gasteiger partial charge in [-0.25, -0.2) is 4.79 Å². The van der Waals surface area contributed by atoms with E-state index in [4.69, 9.17) is 13.9 Å². The van der Waals surface area contributed by atoms with Crippen LogP contribution in [0.5, 0.6) is 5.75 Å². The smallest absolute Gasteiger partial charge is 0.343 e. The minimum Gasteiger partial charge on any atom is -0.494 e. The first-order valence-electron chi connectivity index (χ1n) is 8.65. The lowest BCUT2D eigenvalue weighted by atomic mass is 10.1. The van der Waals surface area contributed by atoms with Crippen LogP contribution in [0.3, 0.4) is 0 Å². The summed E-state index contributed by atoms with van der Waals surface area (Å²) in [7, 11) is 0. The van der Waals surface area contributed by atoms with Crippen LogP contribution in [0.1, 0.15) is 39.0 Å². The molecular weight excluding hydrogens is 360 g/mol. The van der Waals surface area contributed by atoms with Crippen molar-refractivity contribution in [3.05, 3.63) is 71.2 Å². The molecular formula is C21H18N2O5. The van der Waals surface area contributed by atoms with Gasteiger partial charge in [-0.15, -0.1) is 0 Å². The van der Waals surface area contributed by atoms with E-state index >= 15 is 0 Å². The number of hydrogen-bond acceptors (Lipinski definition) is 6. The number of carbonyl (C=O) groups excluding carboxylic acids is 2. The summed E-state index contributed by atoms with van der Waals surface area (Å²) in [6, 6.07) is 12.1. The average Bonchev–Trinajstić information content (AvgIpc) is 3.34. The van der Waals surface area contributed by atoms with Crippen LogP contribution in [0.4, 0.5) is 0 Å². The number of nitrogens with zero attached hydrogens (tertiary/aromatic N) is 2. The van der Waals surface area contributed by atoms with Crippen molar-refractivity contribution in [3.8, 4) is 17.7 Å². The first-order chi connectivity index (χ1) is 13.5. The highest BCUT2D eigenvalue weighted by molar-refractivity contribution is 6.00. The topological polar surface area (TPSA) is 94.5 Å². The molecule has 0 unspecified atom stereocenters. The molecule has 7 heteroatoms. The first-order valence-corrected chi connectivity index (χ1v) is 8.65. The number of hydrogen-bond donors (Lipinski definition) is 0. The monoisotopic (exact) mass is 378 g/mol. The lowest BCUT2D eigenvalue weighted by Crippen LogP contribution is -2.15. The molecule has 2 heterocycles. The largest absolute Gasteiger partial charge is 0.494 e. The molecule has 0 radical (unpaired) electrons. The molecule has 0 aliphatic heterocycles. The maximum Gasteiger partial charge on any atom is 0.343 e. The second-order valence-corrected chi connectivity index (χ2v) is 5.87. The first kappa shape index (κ1) is 19.0. The van der Waals surface area contributed by atoms with Gasteiger partial charge >= 0.3 is 5.97 Å². The molecule has 0 amide bonds. The Labute approximate surface area is 161 Å². The third kappa shape index (κ3) is 3.81. The van der Waals surface area contributed by atoms with Gasteiger partial charge in [0.2, 0.25) is 5.88 Å². The van der Waals surface area contributed by atoms with Crippen LogP contribution in [0.2, 0.25) is 0 Å². The molecule has 0 aliphatic carbocycles. The average molecular weight is 378 g/mol. The molecule has 0 spiro atoms. The number of aromatic nitrogens is 1. The lowest BCUT2D eigenvalue weighted by Gasteiger charge is -2.06. The Balaban J connectivity index is 1.73. The number of aryl methyl sites for hydroxylation is 1. The second kappa shape index (κ2) is 8.27. The highest BCUT2D eigenvalue weighted by Gasteiger charge is 2.26. The summed E-state index contributed by atoms with van der Waals surface area (Å²) in [4.78, 5) is 24.8. The van der Waals surface area contributed by atoms with Crippen molar-refractivity contribution < 1.29 is 23.5 Å². The van der Waals surface area contributed by atoms with Crippen LogP contribution in [0.25, 0.3) is 5.88 Å². The minimum atomic E-state index is -0.782. The van der Waals surface area contributed by atoms with Gasteiger partial charge in [0, 0.05) is 18.0 Å². The summed E-state index contributed by atoms with van der Waals surface area (Å²) in [5, 5.41) is 9.48. The summed E-state index contributed by atoms with van der Waals surface area (Å²) in [6.45, 7) is 3.52. The van der Waals surface area contributed by atoms with E-state index in [0.29, 0.717) is 17.9 Å². The number of nitriles is 1. The van der Waals surface area contributed by atoms with Gasteiger partial charge in [-0.1, -0.05) is 0 Å². The van der Waals surface area contributed by atoms with Crippen molar-refractivity contribution in [3.63, 3.8) is 0 Å². The van der Waals surface area contributed by atoms with Crippen molar-refractivity contribution >= 4 is 11.8 Å². The predicted molar refractivity (Wildman–Crippen MR) is 99.7 cm³/mol. The van der Waals surface area contributed by atoms with Gasteiger partial charge in [0.05, 0.1) is 6.61 Å². The van der Waals surface area contributed by atoms with Crippen LogP contribution in [-0.4, -0.2) is 29.5 Å². The summed E-state index contributed by atoms with van der Waals surface area (Å²) in [6.07, 6.45) is 3.40. The van der Waals surface area contributed by atoms with Gasteiger partial charge in [-0.3, -0.25) is 9.36 Å². The fourth-order valence-electron chi connectivity index (χ4n) is 2.72. The van der Waals surface area contributed by atoms with E-state index in [-0.39, 0.29) is 28.6 Å². The molecule has 0 aliphatic rings. The van der Waals surface area contributed by atoms with Crippen molar-refractivity contribution in [1.29, 1.82) is 5.26 Å². The zero-order valence-corrected chi connectivity index (χ0v) is 15.5. The number of esters is 1. The number of rotatable bonds is 7. The Kier molecular flexibility index (Phi) is 5.61. The molecule has 7 nitrogen and oxygen atoms in total. The number of furan rings is 1. The fourth-order valence-corrected chi connectivity index (χ4v) is 2.72. The number of benzene rings is 1. The molecule has 3 rings (SSSR count). The van der Waals surface area contributed by atoms with Crippen molar-refractivity contribution in [2.45, 2.75) is 13.8 Å². The van der Waals surface area contributed by atoms with Crippen molar-refractivity contribution in [1.82, 2.24) is 4.57 Å². The Morgan fingerprint density at radius 3 is 2.46 bits per heavy atom. The fraction of sp³-hybridized carbons (Fsp3) is 0.190. The van der Waals surface area contributed by atoms with Crippen molar-refractivity contribution in [2.75, 3.05) is 13.2 Å². The molecule has 28 heavy (non-hydrogen) atoms. The van der Waals surface area contributed by atoms with Gasteiger partial charge < -0.3 is 13.9 Å². The molecule has 0 N–H and O–H groups in total. The van der Waals surface area contributed by atoms with E-state index in [1.807, 2.05) is 13.0 Å². The molecule has 0 saturated heterocycles. The van der Waals surface area contributed by atoms with E-state index in [1.54, 1.807) is 60.3 Å². The van der Waals surface area contributed by atoms with Gasteiger partial charge in [0.15, 0.2) is 12.4 Å². The van der Waals surface area contributed by atoms with Gasteiger partial charge in [-0.05, 0) is 50.2 Å². The van der Waals surface area contributed by atoms with E-state index < -0.39 is 12.6 Å². The summed E-state index contributed by atoms with van der Waals surface area (Å²) < 4.78 is 17.6. The maximum absolute atomic E-state index is 12.5. The van der Waals surface area contributed by atoms with Crippen LogP contribution in [0, 0.1) is 18.3 Å². The van der Waals surface area contributed by atoms with Gasteiger partial charge in [0.25, 0.3) is 0 Å². The van der Waals surface area contributed by atoms with E-state index in [9.17, 15) is 14.9 Å². The molecule has 0 bridgehead atoms. The molecule has 3 aromatic rings. The standard InChI is InChI=1S/C21H18N2O5/c1-3-26-16-8-6-15(7-9-16)18(24)13-27-21(25)19-14(2)28-20(17(19)12-22)23-10-4-5-11-23/h4-11H,3,13H2,1-2H3. The van der Waals surface area contributed by atoms with Gasteiger partial charge in [-0.2, -0.15) is 5.26 Å². The molecule has 0 saturated carbocycles. The Morgan fingerprint density at radius 1 is 1.18 bits per heavy atom. The number of ketones is 1. The quantitative estimate of drug-likeness (QED) is 0.460. The summed E-state index contributed by atoms with van der Waals surface area (Å²) in [5.41, 5.74) is 0.478. The zero-order valence-electron chi connectivity index (χ0n) is 15.5. The third-order valence-electron chi connectivity index (χ3n) is 4.04. The maximum atomic E-state index is 12.5. The molecule has 1 aromatic carbocycles. The highest BCUT2D eigenvalue weighted by atomic mass is 16.5. The normalized spacial score (nSPS) is 10.3. The van der Waals surface area contributed by atoms with Crippen LogP contribution >= 0.6 is 0 Å². The molecule has 0 atom stereocenters. The van der Waals surface area contributed by atoms with Crippen LogP contribution in [-0.2, 0) is 4.74 Å². The Morgan fingerprint density at radius 2 is 1.86 bits per heavy atom.